The molecule has 0 aliphatic carbocycles. The van der Waals surface area contributed by atoms with Crippen molar-refractivity contribution in [2.75, 3.05) is 25.4 Å². The van der Waals surface area contributed by atoms with Gasteiger partial charge in [-0.3, -0.25) is 10.1 Å². The predicted octanol–water partition coefficient (Wildman–Crippen LogP) is 1.25. The van der Waals surface area contributed by atoms with Crippen molar-refractivity contribution >= 4 is 15.5 Å². The van der Waals surface area contributed by atoms with Gasteiger partial charge in [0.25, 0.3) is 0 Å². The van der Waals surface area contributed by atoms with E-state index in [4.69, 9.17) is 0 Å². The SMILES string of the molecule is O=[N+]([O-])c1cccnc1S(=O)(=O)CCN1CCCCC1. The lowest BCUT2D eigenvalue weighted by Crippen LogP contribution is -2.34. The second-order valence-electron chi connectivity index (χ2n) is 4.81. The summed E-state index contributed by atoms with van der Waals surface area (Å²) in [6.45, 7) is 2.18. The molecule has 0 bridgehead atoms. The standard InChI is InChI=1S/C12H17N3O4S/c16-15(17)11-5-4-6-13-12(11)20(18,19)10-9-14-7-2-1-3-8-14/h4-6H,1-3,7-10H2. The second-order valence-corrected chi connectivity index (χ2v) is 6.83. The maximum Gasteiger partial charge on any atom is 0.306 e. The molecule has 1 aromatic rings. The molecule has 0 saturated carbocycles. The molecule has 2 heterocycles. The van der Waals surface area contributed by atoms with Gasteiger partial charge in [-0.15, -0.1) is 0 Å². The van der Waals surface area contributed by atoms with E-state index in [-0.39, 0.29) is 5.75 Å². The number of piperidine rings is 1. The van der Waals surface area contributed by atoms with Gasteiger partial charge in [-0.05, 0) is 32.0 Å². The molecule has 2 rings (SSSR count). The van der Waals surface area contributed by atoms with Gasteiger partial charge in [-0.1, -0.05) is 6.42 Å². The average Bonchev–Trinajstić information content (AvgIpc) is 2.46. The van der Waals surface area contributed by atoms with Crippen molar-refractivity contribution in [2.45, 2.75) is 24.3 Å². The number of aromatic nitrogens is 1. The Labute approximate surface area is 117 Å². The minimum absolute atomic E-state index is 0.134. The molecular weight excluding hydrogens is 282 g/mol. The van der Waals surface area contributed by atoms with Crippen LogP contribution in [0.4, 0.5) is 5.69 Å². The third-order valence-electron chi connectivity index (χ3n) is 3.37. The van der Waals surface area contributed by atoms with Crippen LogP contribution in [0, 0.1) is 10.1 Å². The lowest BCUT2D eigenvalue weighted by Gasteiger charge is -2.25. The Kier molecular flexibility index (Phi) is 4.66. The highest BCUT2D eigenvalue weighted by molar-refractivity contribution is 7.91. The summed E-state index contributed by atoms with van der Waals surface area (Å²) in [6.07, 6.45) is 4.59. The smallest absolute Gasteiger partial charge is 0.302 e. The van der Waals surface area contributed by atoms with E-state index >= 15 is 0 Å². The molecule has 20 heavy (non-hydrogen) atoms. The summed E-state index contributed by atoms with van der Waals surface area (Å²) in [7, 11) is -3.73. The van der Waals surface area contributed by atoms with Crippen molar-refractivity contribution in [2.24, 2.45) is 0 Å². The van der Waals surface area contributed by atoms with Crippen LogP contribution in [0.5, 0.6) is 0 Å². The Morgan fingerprint density at radius 3 is 2.65 bits per heavy atom. The van der Waals surface area contributed by atoms with Crippen LogP contribution < -0.4 is 0 Å². The third-order valence-corrected chi connectivity index (χ3v) is 4.99. The zero-order valence-electron chi connectivity index (χ0n) is 11.1. The fourth-order valence-electron chi connectivity index (χ4n) is 2.29. The Hall–Kier alpha value is -1.54. The van der Waals surface area contributed by atoms with E-state index in [2.05, 4.69) is 9.88 Å². The number of pyridine rings is 1. The van der Waals surface area contributed by atoms with Crippen molar-refractivity contribution in [3.8, 4) is 0 Å². The van der Waals surface area contributed by atoms with Crippen molar-refractivity contribution in [1.29, 1.82) is 0 Å². The highest BCUT2D eigenvalue weighted by atomic mass is 32.2. The van der Waals surface area contributed by atoms with Crippen molar-refractivity contribution in [1.82, 2.24) is 9.88 Å². The summed E-state index contributed by atoms with van der Waals surface area (Å²) >= 11 is 0. The fraction of sp³-hybridized carbons (Fsp3) is 0.583. The van der Waals surface area contributed by atoms with E-state index in [1.807, 2.05) is 0 Å². The minimum Gasteiger partial charge on any atom is -0.302 e. The van der Waals surface area contributed by atoms with E-state index in [0.29, 0.717) is 6.54 Å². The first-order valence-corrected chi connectivity index (χ1v) is 8.20. The average molecular weight is 299 g/mol. The summed E-state index contributed by atoms with van der Waals surface area (Å²) in [4.78, 5) is 15.9. The van der Waals surface area contributed by atoms with Gasteiger partial charge in [0.05, 0.1) is 10.7 Å². The van der Waals surface area contributed by atoms with Gasteiger partial charge in [0, 0.05) is 18.8 Å². The number of hydrogen-bond acceptors (Lipinski definition) is 6. The first kappa shape index (κ1) is 14.9. The van der Waals surface area contributed by atoms with Gasteiger partial charge in [0.2, 0.25) is 14.9 Å². The zero-order chi connectivity index (χ0) is 14.6. The Bertz CT molecular complexity index is 582. The molecule has 7 nitrogen and oxygen atoms in total. The van der Waals surface area contributed by atoms with Crippen LogP contribution in [0.25, 0.3) is 0 Å². The molecule has 0 radical (unpaired) electrons. The minimum atomic E-state index is -3.73. The Morgan fingerprint density at radius 2 is 2.00 bits per heavy atom. The number of hydrogen-bond donors (Lipinski definition) is 0. The maximum atomic E-state index is 12.2. The lowest BCUT2D eigenvalue weighted by atomic mass is 10.1. The molecule has 0 spiro atoms. The number of nitro groups is 1. The molecule has 0 aromatic carbocycles. The van der Waals surface area contributed by atoms with E-state index in [1.54, 1.807) is 0 Å². The monoisotopic (exact) mass is 299 g/mol. The fourth-order valence-corrected chi connectivity index (χ4v) is 3.66. The lowest BCUT2D eigenvalue weighted by molar-refractivity contribution is -0.388. The largest absolute Gasteiger partial charge is 0.306 e. The number of nitrogens with zero attached hydrogens (tertiary/aromatic N) is 3. The van der Waals surface area contributed by atoms with Crippen LogP contribution in [-0.2, 0) is 9.84 Å². The topological polar surface area (TPSA) is 93.4 Å². The van der Waals surface area contributed by atoms with Crippen molar-refractivity contribution < 1.29 is 13.3 Å². The molecule has 1 saturated heterocycles. The highest BCUT2D eigenvalue weighted by Gasteiger charge is 2.27. The van der Waals surface area contributed by atoms with Crippen LogP contribution in [0.1, 0.15) is 19.3 Å². The van der Waals surface area contributed by atoms with E-state index in [0.717, 1.165) is 25.9 Å². The molecule has 1 aromatic heterocycles. The van der Waals surface area contributed by atoms with Crippen LogP contribution in [0.2, 0.25) is 0 Å². The summed E-state index contributed by atoms with van der Waals surface area (Å²) in [5.74, 6) is -0.134. The number of sulfone groups is 1. The van der Waals surface area contributed by atoms with Gasteiger partial charge in [-0.2, -0.15) is 0 Å². The van der Waals surface area contributed by atoms with Crippen LogP contribution in [0.15, 0.2) is 23.4 Å². The van der Waals surface area contributed by atoms with E-state index in [9.17, 15) is 18.5 Å². The molecule has 0 unspecified atom stereocenters. The second kappa shape index (κ2) is 6.27. The summed E-state index contributed by atoms with van der Waals surface area (Å²) in [6, 6.07) is 2.53. The Morgan fingerprint density at radius 1 is 1.30 bits per heavy atom. The molecule has 0 N–H and O–H groups in total. The van der Waals surface area contributed by atoms with Gasteiger partial charge >= 0.3 is 5.69 Å². The maximum absolute atomic E-state index is 12.2. The molecule has 0 atom stereocenters. The first-order valence-electron chi connectivity index (χ1n) is 6.55. The van der Waals surface area contributed by atoms with Gasteiger partial charge in [0.1, 0.15) is 0 Å². The van der Waals surface area contributed by atoms with Crippen molar-refractivity contribution in [3.63, 3.8) is 0 Å². The number of rotatable bonds is 5. The molecule has 110 valence electrons. The molecule has 1 aliphatic heterocycles. The third kappa shape index (κ3) is 3.51. The van der Waals surface area contributed by atoms with Gasteiger partial charge < -0.3 is 4.90 Å². The molecule has 1 fully saturated rings. The molecule has 0 amide bonds. The molecule has 1 aliphatic rings. The number of likely N-dealkylation sites (tertiary alicyclic amines) is 1. The molecule has 8 heteroatoms. The Balaban J connectivity index is 2.12. The van der Waals surface area contributed by atoms with Crippen molar-refractivity contribution in [3.05, 3.63) is 28.4 Å². The van der Waals surface area contributed by atoms with Gasteiger partial charge in [0.15, 0.2) is 0 Å². The van der Waals surface area contributed by atoms with E-state index in [1.165, 1.54) is 24.8 Å². The molecular formula is C12H17N3O4S. The van der Waals surface area contributed by atoms with Crippen LogP contribution >= 0.6 is 0 Å². The summed E-state index contributed by atoms with van der Waals surface area (Å²) < 4.78 is 24.4. The summed E-state index contributed by atoms with van der Waals surface area (Å²) in [5, 5.41) is 10.4. The van der Waals surface area contributed by atoms with Gasteiger partial charge in [-0.25, -0.2) is 13.4 Å². The first-order chi connectivity index (χ1) is 9.50. The quantitative estimate of drug-likeness (QED) is 0.600. The zero-order valence-corrected chi connectivity index (χ0v) is 11.9. The summed E-state index contributed by atoms with van der Waals surface area (Å²) in [5.41, 5.74) is -0.453. The van der Waals surface area contributed by atoms with Crippen LogP contribution in [0.3, 0.4) is 0 Å². The van der Waals surface area contributed by atoms with E-state index < -0.39 is 25.5 Å². The normalized spacial score (nSPS) is 17.0. The highest BCUT2D eigenvalue weighted by Crippen LogP contribution is 2.21. The van der Waals surface area contributed by atoms with Crippen LogP contribution in [-0.4, -0.2) is 48.6 Å². The predicted molar refractivity (Wildman–Crippen MR) is 73.2 cm³/mol.